The van der Waals surface area contributed by atoms with Gasteiger partial charge in [0.15, 0.2) is 0 Å². The van der Waals surface area contributed by atoms with Crippen LogP contribution in [0, 0.1) is 5.92 Å². The van der Waals surface area contributed by atoms with Crippen molar-refractivity contribution in [3.05, 3.63) is 36.1 Å². The molecule has 1 aliphatic carbocycles. The molecule has 2 rings (SSSR count). The van der Waals surface area contributed by atoms with Crippen molar-refractivity contribution in [1.82, 2.24) is 0 Å². The number of allylic oxidation sites excluding steroid dienone is 1. The van der Waals surface area contributed by atoms with Crippen molar-refractivity contribution >= 4 is 0 Å². The lowest BCUT2D eigenvalue weighted by atomic mass is 9.89. The van der Waals surface area contributed by atoms with E-state index in [4.69, 9.17) is 9.84 Å². The van der Waals surface area contributed by atoms with Gasteiger partial charge in [-0.1, -0.05) is 12.2 Å². The third kappa shape index (κ3) is 2.07. The molecule has 0 aromatic heterocycles. The van der Waals surface area contributed by atoms with Crippen molar-refractivity contribution in [2.24, 2.45) is 5.92 Å². The van der Waals surface area contributed by atoms with Crippen LogP contribution in [0.3, 0.4) is 0 Å². The highest BCUT2D eigenvalue weighted by Gasteiger charge is 2.21. The summed E-state index contributed by atoms with van der Waals surface area (Å²) in [5, 5.41) is 9.01. The number of aliphatic hydroxyl groups excluding tert-OH is 1. The SMILES string of the molecule is OCC1=C[C@@H]([C@H]2C=CCCC2)OC=C1. The van der Waals surface area contributed by atoms with Crippen molar-refractivity contribution in [2.75, 3.05) is 6.61 Å². The summed E-state index contributed by atoms with van der Waals surface area (Å²) < 4.78 is 5.53. The molecule has 0 aromatic carbocycles. The maximum atomic E-state index is 9.01. The number of rotatable bonds is 2. The lowest BCUT2D eigenvalue weighted by Gasteiger charge is -2.26. The Morgan fingerprint density at radius 2 is 2.43 bits per heavy atom. The fourth-order valence-corrected chi connectivity index (χ4v) is 1.97. The molecule has 0 fully saturated rings. The van der Waals surface area contributed by atoms with Crippen LogP contribution in [-0.2, 0) is 4.74 Å². The van der Waals surface area contributed by atoms with Crippen LogP contribution in [0.2, 0.25) is 0 Å². The van der Waals surface area contributed by atoms with E-state index in [9.17, 15) is 0 Å². The third-order valence-electron chi connectivity index (χ3n) is 2.79. The molecule has 0 radical (unpaired) electrons. The van der Waals surface area contributed by atoms with Crippen molar-refractivity contribution in [1.29, 1.82) is 0 Å². The van der Waals surface area contributed by atoms with Crippen molar-refractivity contribution in [2.45, 2.75) is 25.4 Å². The number of aliphatic hydroxyl groups is 1. The van der Waals surface area contributed by atoms with Gasteiger partial charge in [-0.2, -0.15) is 0 Å². The summed E-state index contributed by atoms with van der Waals surface area (Å²) in [7, 11) is 0. The second kappa shape index (κ2) is 4.47. The van der Waals surface area contributed by atoms with Crippen LogP contribution < -0.4 is 0 Å². The Bertz CT molecular complexity index is 276. The first-order valence-corrected chi connectivity index (χ1v) is 5.20. The molecule has 2 aliphatic rings. The summed E-state index contributed by atoms with van der Waals surface area (Å²) in [6.45, 7) is 0.104. The number of ether oxygens (including phenoxy) is 1. The van der Waals surface area contributed by atoms with Crippen LogP contribution >= 0.6 is 0 Å². The molecule has 0 saturated heterocycles. The summed E-state index contributed by atoms with van der Waals surface area (Å²) in [6.07, 6.45) is 13.7. The molecular formula is C12H16O2. The minimum atomic E-state index is 0.104. The molecule has 0 saturated carbocycles. The maximum Gasteiger partial charge on any atom is 0.123 e. The monoisotopic (exact) mass is 192 g/mol. The lowest BCUT2D eigenvalue weighted by Crippen LogP contribution is -2.22. The number of hydrogen-bond donors (Lipinski definition) is 1. The largest absolute Gasteiger partial charge is 0.493 e. The maximum absolute atomic E-state index is 9.01. The predicted molar refractivity (Wildman–Crippen MR) is 55.7 cm³/mol. The van der Waals surface area contributed by atoms with Gasteiger partial charge < -0.3 is 9.84 Å². The molecule has 76 valence electrons. The van der Waals surface area contributed by atoms with E-state index in [1.165, 1.54) is 19.3 Å². The smallest absolute Gasteiger partial charge is 0.123 e. The average molecular weight is 192 g/mol. The summed E-state index contributed by atoms with van der Waals surface area (Å²) in [5.74, 6) is 0.482. The van der Waals surface area contributed by atoms with Gasteiger partial charge in [-0.3, -0.25) is 0 Å². The second-order valence-corrected chi connectivity index (χ2v) is 3.83. The van der Waals surface area contributed by atoms with Crippen LogP contribution in [0.1, 0.15) is 19.3 Å². The van der Waals surface area contributed by atoms with Gasteiger partial charge in [0, 0.05) is 5.92 Å². The molecule has 0 spiro atoms. The molecule has 1 heterocycles. The summed E-state index contributed by atoms with van der Waals surface area (Å²) in [5.41, 5.74) is 0.959. The van der Waals surface area contributed by atoms with Crippen LogP contribution in [0.15, 0.2) is 36.1 Å². The molecule has 2 nitrogen and oxygen atoms in total. The van der Waals surface area contributed by atoms with E-state index in [0.29, 0.717) is 5.92 Å². The molecular weight excluding hydrogens is 176 g/mol. The Hall–Kier alpha value is -1.02. The zero-order valence-corrected chi connectivity index (χ0v) is 8.23. The Balaban J connectivity index is 2.04. The van der Waals surface area contributed by atoms with Gasteiger partial charge in [0.25, 0.3) is 0 Å². The van der Waals surface area contributed by atoms with Gasteiger partial charge >= 0.3 is 0 Å². The Labute approximate surface area is 84.6 Å². The van der Waals surface area contributed by atoms with E-state index in [1.807, 2.05) is 12.2 Å². The van der Waals surface area contributed by atoms with Crippen LogP contribution in [-0.4, -0.2) is 17.8 Å². The highest BCUT2D eigenvalue weighted by Crippen LogP contribution is 2.26. The topological polar surface area (TPSA) is 29.5 Å². The van der Waals surface area contributed by atoms with Crippen LogP contribution in [0.25, 0.3) is 0 Å². The third-order valence-corrected chi connectivity index (χ3v) is 2.79. The van der Waals surface area contributed by atoms with E-state index >= 15 is 0 Å². The van der Waals surface area contributed by atoms with Crippen molar-refractivity contribution < 1.29 is 9.84 Å². The average Bonchev–Trinajstić information content (AvgIpc) is 2.30. The Morgan fingerprint density at radius 1 is 1.50 bits per heavy atom. The van der Waals surface area contributed by atoms with Gasteiger partial charge in [0.05, 0.1) is 12.9 Å². The molecule has 0 unspecified atom stereocenters. The molecule has 0 aromatic rings. The zero-order chi connectivity index (χ0) is 9.80. The zero-order valence-electron chi connectivity index (χ0n) is 8.23. The van der Waals surface area contributed by atoms with E-state index in [-0.39, 0.29) is 12.7 Å². The summed E-state index contributed by atoms with van der Waals surface area (Å²) >= 11 is 0. The Morgan fingerprint density at radius 3 is 3.14 bits per heavy atom. The molecule has 14 heavy (non-hydrogen) atoms. The van der Waals surface area contributed by atoms with E-state index in [1.54, 1.807) is 6.26 Å². The predicted octanol–water partition coefficient (Wildman–Crippen LogP) is 2.17. The first-order valence-electron chi connectivity index (χ1n) is 5.20. The highest BCUT2D eigenvalue weighted by atomic mass is 16.5. The fourth-order valence-electron chi connectivity index (χ4n) is 1.97. The Kier molecular flexibility index (Phi) is 3.04. The van der Waals surface area contributed by atoms with E-state index in [0.717, 1.165) is 5.57 Å². The first kappa shape index (κ1) is 9.53. The standard InChI is InChI=1S/C12H16O2/c13-9-10-6-7-14-12(8-10)11-4-2-1-3-5-11/h2,4,6-8,11-13H,1,3,5,9H2/t11-,12-/m0/s1. The normalized spacial score (nSPS) is 31.1. The minimum absolute atomic E-state index is 0.104. The molecule has 2 heteroatoms. The molecule has 2 atom stereocenters. The second-order valence-electron chi connectivity index (χ2n) is 3.83. The first-order chi connectivity index (χ1) is 6.90. The molecule has 0 amide bonds. The van der Waals surface area contributed by atoms with Gasteiger partial charge in [0.2, 0.25) is 0 Å². The lowest BCUT2D eigenvalue weighted by molar-refractivity contribution is 0.133. The van der Waals surface area contributed by atoms with Crippen molar-refractivity contribution in [3.63, 3.8) is 0 Å². The quantitative estimate of drug-likeness (QED) is 0.679. The van der Waals surface area contributed by atoms with Crippen LogP contribution in [0.5, 0.6) is 0 Å². The molecule has 1 N–H and O–H groups in total. The van der Waals surface area contributed by atoms with E-state index < -0.39 is 0 Å². The van der Waals surface area contributed by atoms with Crippen molar-refractivity contribution in [3.8, 4) is 0 Å². The summed E-state index contributed by atoms with van der Waals surface area (Å²) in [6, 6.07) is 0. The molecule has 0 bridgehead atoms. The van der Waals surface area contributed by atoms with Gasteiger partial charge in [-0.05, 0) is 37.0 Å². The molecule has 1 aliphatic heterocycles. The fraction of sp³-hybridized carbons (Fsp3) is 0.500. The summed E-state index contributed by atoms with van der Waals surface area (Å²) in [4.78, 5) is 0. The van der Waals surface area contributed by atoms with Gasteiger partial charge in [0.1, 0.15) is 6.10 Å². The van der Waals surface area contributed by atoms with Gasteiger partial charge in [-0.15, -0.1) is 0 Å². The number of hydrogen-bond acceptors (Lipinski definition) is 2. The van der Waals surface area contributed by atoms with Crippen LogP contribution in [0.4, 0.5) is 0 Å². The minimum Gasteiger partial charge on any atom is -0.493 e. The highest BCUT2D eigenvalue weighted by molar-refractivity contribution is 5.23. The van der Waals surface area contributed by atoms with E-state index in [2.05, 4.69) is 12.2 Å². The van der Waals surface area contributed by atoms with Gasteiger partial charge in [-0.25, -0.2) is 0 Å².